The zero-order chi connectivity index (χ0) is 17.5. The van der Waals surface area contributed by atoms with Crippen molar-refractivity contribution in [1.82, 2.24) is 15.1 Å². The van der Waals surface area contributed by atoms with E-state index in [-0.39, 0.29) is 5.91 Å². The zero-order valence-corrected chi connectivity index (χ0v) is 16.2. The number of rotatable bonds is 7. The quantitative estimate of drug-likeness (QED) is 0.787. The van der Waals surface area contributed by atoms with Gasteiger partial charge in [0.05, 0.1) is 5.75 Å². The molecule has 1 aromatic rings. The van der Waals surface area contributed by atoms with Crippen molar-refractivity contribution in [2.24, 2.45) is 0 Å². The molecule has 2 fully saturated rings. The SMILES string of the molecule is O=C(NCCN1CCN(C(=O)CSC2CCCC2)CC1)c1ccsc1. The third kappa shape index (κ3) is 5.72. The lowest BCUT2D eigenvalue weighted by atomic mass is 10.3. The van der Waals surface area contributed by atoms with Gasteiger partial charge in [-0.15, -0.1) is 11.8 Å². The average molecular weight is 382 g/mol. The van der Waals surface area contributed by atoms with Gasteiger partial charge in [-0.1, -0.05) is 12.8 Å². The molecule has 0 spiro atoms. The number of carbonyl (C=O) groups is 2. The molecule has 0 bridgehead atoms. The van der Waals surface area contributed by atoms with Crippen molar-refractivity contribution in [3.05, 3.63) is 22.4 Å². The molecule has 2 aliphatic rings. The molecule has 1 aliphatic carbocycles. The van der Waals surface area contributed by atoms with E-state index in [0.29, 0.717) is 23.5 Å². The van der Waals surface area contributed by atoms with Crippen LogP contribution in [0.1, 0.15) is 36.0 Å². The first-order valence-electron chi connectivity index (χ1n) is 9.14. The lowest BCUT2D eigenvalue weighted by Gasteiger charge is -2.34. The Morgan fingerprint density at radius 1 is 1.20 bits per heavy atom. The van der Waals surface area contributed by atoms with Crippen LogP contribution < -0.4 is 5.32 Å². The molecule has 0 unspecified atom stereocenters. The van der Waals surface area contributed by atoms with Crippen molar-refractivity contribution in [3.8, 4) is 0 Å². The number of hydrogen-bond donors (Lipinski definition) is 1. The second kappa shape index (κ2) is 9.59. The van der Waals surface area contributed by atoms with Crippen LogP contribution >= 0.6 is 23.1 Å². The summed E-state index contributed by atoms with van der Waals surface area (Å²) in [5.74, 6) is 0.933. The minimum absolute atomic E-state index is 0.000925. The number of carbonyl (C=O) groups excluding carboxylic acids is 2. The molecule has 0 atom stereocenters. The Hall–Kier alpha value is -1.05. The number of hydrogen-bond acceptors (Lipinski definition) is 5. The van der Waals surface area contributed by atoms with Crippen LogP contribution in [0, 0.1) is 0 Å². The smallest absolute Gasteiger partial charge is 0.252 e. The highest BCUT2D eigenvalue weighted by Gasteiger charge is 2.23. The fraction of sp³-hybridized carbons (Fsp3) is 0.667. The van der Waals surface area contributed by atoms with Gasteiger partial charge in [0.1, 0.15) is 0 Å². The topological polar surface area (TPSA) is 52.7 Å². The Morgan fingerprint density at radius 2 is 1.96 bits per heavy atom. The number of thioether (sulfide) groups is 1. The van der Waals surface area contributed by atoms with Crippen molar-refractivity contribution >= 4 is 34.9 Å². The van der Waals surface area contributed by atoms with E-state index in [4.69, 9.17) is 0 Å². The first-order chi connectivity index (χ1) is 12.2. The summed E-state index contributed by atoms with van der Waals surface area (Å²) in [4.78, 5) is 28.5. The lowest BCUT2D eigenvalue weighted by Crippen LogP contribution is -2.50. The van der Waals surface area contributed by atoms with Crippen LogP contribution in [0.15, 0.2) is 16.8 Å². The van der Waals surface area contributed by atoms with E-state index in [1.807, 2.05) is 33.5 Å². The maximum Gasteiger partial charge on any atom is 0.252 e. The molecule has 2 heterocycles. The monoisotopic (exact) mass is 381 g/mol. The summed E-state index contributed by atoms with van der Waals surface area (Å²) in [7, 11) is 0. The van der Waals surface area contributed by atoms with Gasteiger partial charge in [-0.25, -0.2) is 0 Å². The number of nitrogens with zero attached hydrogens (tertiary/aromatic N) is 2. The minimum Gasteiger partial charge on any atom is -0.351 e. The van der Waals surface area contributed by atoms with Gasteiger partial charge >= 0.3 is 0 Å². The highest BCUT2D eigenvalue weighted by Crippen LogP contribution is 2.29. The average Bonchev–Trinajstić information content (AvgIpc) is 3.34. The van der Waals surface area contributed by atoms with Gasteiger partial charge in [0, 0.05) is 55.5 Å². The molecule has 0 radical (unpaired) electrons. The molecule has 1 aliphatic heterocycles. The largest absolute Gasteiger partial charge is 0.351 e. The summed E-state index contributed by atoms with van der Waals surface area (Å²) in [6.07, 6.45) is 5.21. The summed E-state index contributed by atoms with van der Waals surface area (Å²) < 4.78 is 0. The lowest BCUT2D eigenvalue weighted by molar-refractivity contribution is -0.130. The zero-order valence-electron chi connectivity index (χ0n) is 14.6. The molecule has 7 heteroatoms. The Bertz CT molecular complexity index is 551. The van der Waals surface area contributed by atoms with Gasteiger partial charge in [-0.3, -0.25) is 14.5 Å². The molecular formula is C18H27N3O2S2. The molecule has 1 saturated heterocycles. The number of thiophene rings is 1. The van der Waals surface area contributed by atoms with E-state index in [0.717, 1.165) is 38.3 Å². The van der Waals surface area contributed by atoms with E-state index in [1.165, 1.54) is 37.0 Å². The normalized spacial score (nSPS) is 19.3. The number of amides is 2. The van der Waals surface area contributed by atoms with Crippen LogP contribution in [-0.2, 0) is 4.79 Å². The molecule has 3 rings (SSSR count). The Kier molecular flexibility index (Phi) is 7.19. The van der Waals surface area contributed by atoms with Crippen molar-refractivity contribution in [2.75, 3.05) is 45.0 Å². The van der Waals surface area contributed by atoms with E-state index in [2.05, 4.69) is 10.2 Å². The van der Waals surface area contributed by atoms with Gasteiger partial charge < -0.3 is 10.2 Å². The van der Waals surface area contributed by atoms with Gasteiger partial charge in [0.15, 0.2) is 0 Å². The number of nitrogens with one attached hydrogen (secondary N) is 1. The molecule has 1 saturated carbocycles. The van der Waals surface area contributed by atoms with Gasteiger partial charge in [-0.2, -0.15) is 11.3 Å². The molecule has 25 heavy (non-hydrogen) atoms. The summed E-state index contributed by atoms with van der Waals surface area (Å²) in [5, 5.41) is 7.44. The molecular weight excluding hydrogens is 354 g/mol. The summed E-state index contributed by atoms with van der Waals surface area (Å²) in [6, 6.07) is 1.84. The van der Waals surface area contributed by atoms with E-state index >= 15 is 0 Å². The van der Waals surface area contributed by atoms with Crippen LogP contribution in [0.2, 0.25) is 0 Å². The highest BCUT2D eigenvalue weighted by atomic mass is 32.2. The predicted molar refractivity (Wildman–Crippen MR) is 104 cm³/mol. The Morgan fingerprint density at radius 3 is 2.64 bits per heavy atom. The van der Waals surface area contributed by atoms with Crippen LogP contribution in [0.3, 0.4) is 0 Å². The summed E-state index contributed by atoms with van der Waals surface area (Å²) in [5.41, 5.74) is 0.736. The predicted octanol–water partition coefficient (Wildman–Crippen LogP) is 2.30. The maximum absolute atomic E-state index is 12.3. The molecule has 1 aromatic heterocycles. The molecule has 2 amide bonds. The second-order valence-corrected chi connectivity index (χ2v) is 8.78. The van der Waals surface area contributed by atoms with Gasteiger partial charge in [-0.05, 0) is 24.3 Å². The van der Waals surface area contributed by atoms with Crippen molar-refractivity contribution in [3.63, 3.8) is 0 Å². The molecule has 1 N–H and O–H groups in total. The molecule has 138 valence electrons. The van der Waals surface area contributed by atoms with Crippen molar-refractivity contribution < 1.29 is 9.59 Å². The van der Waals surface area contributed by atoms with Crippen LogP contribution in [0.5, 0.6) is 0 Å². The first-order valence-corrected chi connectivity index (χ1v) is 11.1. The molecule has 0 aromatic carbocycles. The number of piperazine rings is 1. The van der Waals surface area contributed by atoms with Gasteiger partial charge in [0.2, 0.25) is 5.91 Å². The van der Waals surface area contributed by atoms with Crippen LogP contribution in [0.4, 0.5) is 0 Å². The minimum atomic E-state index is -0.000925. The first kappa shape index (κ1) is 18.7. The van der Waals surface area contributed by atoms with Crippen LogP contribution in [-0.4, -0.2) is 71.9 Å². The Balaban J connectivity index is 1.29. The summed E-state index contributed by atoms with van der Waals surface area (Å²) in [6.45, 7) is 4.91. The third-order valence-electron chi connectivity index (χ3n) is 4.97. The van der Waals surface area contributed by atoms with Crippen molar-refractivity contribution in [1.29, 1.82) is 0 Å². The highest BCUT2D eigenvalue weighted by molar-refractivity contribution is 8.00. The van der Waals surface area contributed by atoms with Crippen LogP contribution in [0.25, 0.3) is 0 Å². The van der Waals surface area contributed by atoms with Gasteiger partial charge in [0.25, 0.3) is 5.91 Å². The van der Waals surface area contributed by atoms with E-state index in [1.54, 1.807) is 0 Å². The second-order valence-electron chi connectivity index (χ2n) is 6.71. The third-order valence-corrected chi connectivity index (χ3v) is 7.01. The maximum atomic E-state index is 12.3. The summed E-state index contributed by atoms with van der Waals surface area (Å²) >= 11 is 3.38. The van der Waals surface area contributed by atoms with Crippen molar-refractivity contribution in [2.45, 2.75) is 30.9 Å². The standard InChI is InChI=1S/C18H27N3O2S2/c22-17(14-25-16-3-1-2-4-16)21-10-8-20(9-11-21)7-6-19-18(23)15-5-12-24-13-15/h5,12-13,16H,1-4,6-11,14H2,(H,19,23). The fourth-order valence-corrected chi connectivity index (χ4v) is 5.24. The Labute approximate surface area is 158 Å². The fourth-order valence-electron chi connectivity index (χ4n) is 3.38. The molecule has 5 nitrogen and oxygen atoms in total. The van der Waals surface area contributed by atoms with E-state index < -0.39 is 0 Å². The van der Waals surface area contributed by atoms with E-state index in [9.17, 15) is 9.59 Å².